The van der Waals surface area contributed by atoms with Gasteiger partial charge in [0.2, 0.25) is 0 Å². The topological polar surface area (TPSA) is 33.4 Å². The first kappa shape index (κ1) is 7.87. The highest BCUT2D eigenvalue weighted by Crippen LogP contribution is 2.35. The third-order valence-corrected chi connectivity index (χ3v) is 2.66. The molecule has 1 saturated carbocycles. The van der Waals surface area contributed by atoms with Gasteiger partial charge in [-0.1, -0.05) is 6.42 Å². The maximum atomic E-state index is 9.61. The van der Waals surface area contributed by atoms with E-state index in [-0.39, 0.29) is 6.10 Å². The molecule has 2 nitrogen and oxygen atoms in total. The SMILES string of the molecule is Cc1cc([C@@H]2CCC[C@H]2O)co1. The van der Waals surface area contributed by atoms with E-state index in [1.54, 1.807) is 6.26 Å². The first-order valence-corrected chi connectivity index (χ1v) is 4.50. The number of aliphatic hydroxyl groups is 1. The molecule has 1 aliphatic carbocycles. The van der Waals surface area contributed by atoms with E-state index in [2.05, 4.69) is 0 Å². The lowest BCUT2D eigenvalue weighted by Crippen LogP contribution is -2.09. The molecule has 0 bridgehead atoms. The number of aliphatic hydroxyl groups excluding tert-OH is 1. The van der Waals surface area contributed by atoms with Crippen molar-refractivity contribution >= 4 is 0 Å². The van der Waals surface area contributed by atoms with Crippen LogP contribution in [0.2, 0.25) is 0 Å². The van der Waals surface area contributed by atoms with Crippen molar-refractivity contribution in [1.29, 1.82) is 0 Å². The molecule has 1 N–H and O–H groups in total. The van der Waals surface area contributed by atoms with Gasteiger partial charge in [-0.15, -0.1) is 0 Å². The Labute approximate surface area is 72.2 Å². The van der Waals surface area contributed by atoms with Crippen molar-refractivity contribution in [1.82, 2.24) is 0 Å². The Morgan fingerprint density at radius 1 is 1.50 bits per heavy atom. The zero-order valence-corrected chi connectivity index (χ0v) is 7.29. The van der Waals surface area contributed by atoms with Gasteiger partial charge in [0.05, 0.1) is 12.4 Å². The Kier molecular flexibility index (Phi) is 1.93. The summed E-state index contributed by atoms with van der Waals surface area (Å²) in [5.41, 5.74) is 1.16. The Morgan fingerprint density at radius 3 is 2.83 bits per heavy atom. The smallest absolute Gasteiger partial charge is 0.100 e. The van der Waals surface area contributed by atoms with Gasteiger partial charge in [-0.3, -0.25) is 0 Å². The van der Waals surface area contributed by atoms with E-state index in [4.69, 9.17) is 4.42 Å². The van der Waals surface area contributed by atoms with Crippen LogP contribution in [0.25, 0.3) is 0 Å². The van der Waals surface area contributed by atoms with E-state index in [9.17, 15) is 5.11 Å². The van der Waals surface area contributed by atoms with Crippen LogP contribution in [-0.2, 0) is 0 Å². The predicted molar refractivity (Wildman–Crippen MR) is 46.0 cm³/mol. The number of aryl methyl sites for hydroxylation is 1. The van der Waals surface area contributed by atoms with Crippen molar-refractivity contribution in [3.05, 3.63) is 23.7 Å². The second-order valence-electron chi connectivity index (χ2n) is 3.60. The molecular weight excluding hydrogens is 152 g/mol. The Balaban J connectivity index is 2.19. The van der Waals surface area contributed by atoms with Crippen LogP contribution < -0.4 is 0 Å². The molecule has 0 saturated heterocycles. The van der Waals surface area contributed by atoms with Crippen LogP contribution in [0.3, 0.4) is 0 Å². The van der Waals surface area contributed by atoms with E-state index < -0.39 is 0 Å². The third kappa shape index (κ3) is 1.27. The highest BCUT2D eigenvalue weighted by atomic mass is 16.3. The van der Waals surface area contributed by atoms with Crippen molar-refractivity contribution < 1.29 is 9.52 Å². The average molecular weight is 166 g/mol. The molecule has 2 rings (SSSR count). The summed E-state index contributed by atoms with van der Waals surface area (Å²) in [4.78, 5) is 0. The standard InChI is InChI=1S/C10H14O2/c1-7-5-8(6-12-7)9-3-2-4-10(9)11/h5-6,9-11H,2-4H2,1H3/t9-,10+/m0/s1. The van der Waals surface area contributed by atoms with Crippen LogP contribution in [0, 0.1) is 6.92 Å². The van der Waals surface area contributed by atoms with Crippen LogP contribution in [0.4, 0.5) is 0 Å². The third-order valence-electron chi connectivity index (χ3n) is 2.66. The Bertz CT molecular complexity index is 265. The minimum Gasteiger partial charge on any atom is -0.469 e. The van der Waals surface area contributed by atoms with E-state index in [1.807, 2.05) is 13.0 Å². The van der Waals surface area contributed by atoms with E-state index in [0.717, 1.165) is 30.6 Å². The molecule has 0 spiro atoms. The molecule has 12 heavy (non-hydrogen) atoms. The summed E-state index contributed by atoms with van der Waals surface area (Å²) in [6, 6.07) is 2.03. The molecule has 1 aliphatic rings. The number of rotatable bonds is 1. The van der Waals surface area contributed by atoms with E-state index in [0.29, 0.717) is 5.92 Å². The molecule has 1 aromatic heterocycles. The van der Waals surface area contributed by atoms with Gasteiger partial charge < -0.3 is 9.52 Å². The zero-order chi connectivity index (χ0) is 8.55. The van der Waals surface area contributed by atoms with Crippen molar-refractivity contribution in [3.63, 3.8) is 0 Å². The summed E-state index contributed by atoms with van der Waals surface area (Å²) in [5, 5.41) is 9.61. The predicted octanol–water partition coefficient (Wildman–Crippen LogP) is 2.22. The van der Waals surface area contributed by atoms with Crippen molar-refractivity contribution in [2.24, 2.45) is 0 Å². The number of hydrogen-bond donors (Lipinski definition) is 1. The minimum absolute atomic E-state index is 0.151. The van der Waals surface area contributed by atoms with Gasteiger partial charge in [0, 0.05) is 5.92 Å². The molecule has 0 amide bonds. The van der Waals surface area contributed by atoms with Crippen LogP contribution >= 0.6 is 0 Å². The Hall–Kier alpha value is -0.760. The lowest BCUT2D eigenvalue weighted by Gasteiger charge is -2.10. The maximum absolute atomic E-state index is 9.61. The fourth-order valence-electron chi connectivity index (χ4n) is 1.99. The summed E-state index contributed by atoms with van der Waals surface area (Å²) in [6.45, 7) is 1.94. The van der Waals surface area contributed by atoms with Crippen molar-refractivity contribution in [3.8, 4) is 0 Å². The van der Waals surface area contributed by atoms with Crippen LogP contribution in [-0.4, -0.2) is 11.2 Å². The monoisotopic (exact) mass is 166 g/mol. The highest BCUT2D eigenvalue weighted by molar-refractivity contribution is 5.19. The normalized spacial score (nSPS) is 29.5. The molecule has 2 heteroatoms. The summed E-state index contributed by atoms with van der Waals surface area (Å²) in [5.74, 6) is 1.26. The summed E-state index contributed by atoms with van der Waals surface area (Å²) < 4.78 is 5.21. The van der Waals surface area contributed by atoms with Crippen LogP contribution in [0.1, 0.15) is 36.5 Å². The van der Waals surface area contributed by atoms with Gasteiger partial charge in [0.15, 0.2) is 0 Å². The highest BCUT2D eigenvalue weighted by Gasteiger charge is 2.27. The molecule has 1 fully saturated rings. The molecule has 0 radical (unpaired) electrons. The molecule has 2 atom stereocenters. The molecule has 66 valence electrons. The Morgan fingerprint density at radius 2 is 2.33 bits per heavy atom. The number of hydrogen-bond acceptors (Lipinski definition) is 2. The van der Waals surface area contributed by atoms with Gasteiger partial charge in [0.25, 0.3) is 0 Å². The van der Waals surface area contributed by atoms with Crippen molar-refractivity contribution in [2.45, 2.75) is 38.2 Å². The van der Waals surface area contributed by atoms with Gasteiger partial charge in [-0.05, 0) is 31.4 Å². The number of furan rings is 1. The van der Waals surface area contributed by atoms with Gasteiger partial charge in [0.1, 0.15) is 5.76 Å². The molecule has 1 heterocycles. The minimum atomic E-state index is -0.151. The summed E-state index contributed by atoms with van der Waals surface area (Å²) >= 11 is 0. The fourth-order valence-corrected chi connectivity index (χ4v) is 1.99. The quantitative estimate of drug-likeness (QED) is 0.694. The average Bonchev–Trinajstić information content (AvgIpc) is 2.58. The molecular formula is C10H14O2. The summed E-state index contributed by atoms with van der Waals surface area (Å²) in [6.07, 6.45) is 4.79. The van der Waals surface area contributed by atoms with Crippen LogP contribution in [0.15, 0.2) is 16.7 Å². The molecule has 0 aliphatic heterocycles. The molecule has 0 unspecified atom stereocenters. The van der Waals surface area contributed by atoms with E-state index in [1.165, 1.54) is 0 Å². The first-order valence-electron chi connectivity index (χ1n) is 4.50. The zero-order valence-electron chi connectivity index (χ0n) is 7.29. The molecule has 0 aromatic carbocycles. The van der Waals surface area contributed by atoms with Crippen molar-refractivity contribution in [2.75, 3.05) is 0 Å². The van der Waals surface area contributed by atoms with Gasteiger partial charge >= 0.3 is 0 Å². The van der Waals surface area contributed by atoms with Gasteiger partial charge in [-0.25, -0.2) is 0 Å². The fraction of sp³-hybridized carbons (Fsp3) is 0.600. The maximum Gasteiger partial charge on any atom is 0.100 e. The first-order chi connectivity index (χ1) is 5.77. The lowest BCUT2D eigenvalue weighted by atomic mass is 9.98. The second kappa shape index (κ2) is 2.94. The van der Waals surface area contributed by atoms with Crippen LogP contribution in [0.5, 0.6) is 0 Å². The van der Waals surface area contributed by atoms with Gasteiger partial charge in [-0.2, -0.15) is 0 Å². The summed E-state index contributed by atoms with van der Waals surface area (Å²) in [7, 11) is 0. The lowest BCUT2D eigenvalue weighted by molar-refractivity contribution is 0.163. The second-order valence-corrected chi connectivity index (χ2v) is 3.60. The molecule has 1 aromatic rings. The van der Waals surface area contributed by atoms with E-state index >= 15 is 0 Å². The largest absolute Gasteiger partial charge is 0.469 e.